The predicted molar refractivity (Wildman–Crippen MR) is 68.3 cm³/mol. The quantitative estimate of drug-likeness (QED) is 0.547. The minimum atomic E-state index is -1.44. The zero-order chi connectivity index (χ0) is 14.3. The van der Waals surface area contributed by atoms with Crippen LogP contribution in [-0.2, 0) is 4.79 Å². The summed E-state index contributed by atoms with van der Waals surface area (Å²) in [6, 6.07) is -0.368. The molecule has 106 valence electrons. The average Bonchev–Trinajstić information content (AvgIpc) is 2.23. The number of carboxylic acids is 1. The molecule has 0 aliphatic carbocycles. The van der Waals surface area contributed by atoms with Crippen molar-refractivity contribution in [3.8, 4) is 0 Å². The second kappa shape index (κ2) is 7.20. The Bertz CT molecular complexity index is 292. The van der Waals surface area contributed by atoms with Crippen LogP contribution >= 0.6 is 0 Å². The first-order valence-electron chi connectivity index (χ1n) is 6.16. The second-order valence-corrected chi connectivity index (χ2v) is 5.07. The summed E-state index contributed by atoms with van der Waals surface area (Å²) in [7, 11) is 0. The summed E-state index contributed by atoms with van der Waals surface area (Å²) in [5.41, 5.74) is -1.44. The molecule has 0 aliphatic rings. The fourth-order valence-electron chi connectivity index (χ4n) is 1.41. The minimum absolute atomic E-state index is 0.0272. The molecular formula is C12H24N2O4. The number of aliphatic carboxylic acids is 1. The number of carboxylic acid groups (broad SMARTS) is 1. The van der Waals surface area contributed by atoms with E-state index < -0.39 is 24.0 Å². The van der Waals surface area contributed by atoms with E-state index >= 15 is 0 Å². The molecule has 4 N–H and O–H groups in total. The first-order valence-corrected chi connectivity index (χ1v) is 6.16. The number of carbonyl (C=O) groups is 2. The van der Waals surface area contributed by atoms with E-state index in [2.05, 4.69) is 10.6 Å². The molecule has 0 aromatic heterocycles. The number of hydrogen-bond acceptors (Lipinski definition) is 3. The third-order valence-electron chi connectivity index (χ3n) is 3.02. The highest BCUT2D eigenvalue weighted by atomic mass is 16.4. The standard InChI is InChI=1S/C12H24N2O4/c1-5-8(2)9(3)14-11(17)13-7-12(4,18)6-10(15)16/h8-9,18H,5-7H2,1-4H3,(H,15,16)(H2,13,14,17). The van der Waals surface area contributed by atoms with Gasteiger partial charge in [-0.1, -0.05) is 20.3 Å². The van der Waals surface area contributed by atoms with Gasteiger partial charge in [-0.15, -0.1) is 0 Å². The van der Waals surface area contributed by atoms with Crippen LogP contribution < -0.4 is 10.6 Å². The van der Waals surface area contributed by atoms with Gasteiger partial charge in [-0.2, -0.15) is 0 Å². The summed E-state index contributed by atoms with van der Waals surface area (Å²) in [6.45, 7) is 7.25. The van der Waals surface area contributed by atoms with Crippen LogP contribution in [0.3, 0.4) is 0 Å². The molecule has 3 unspecified atom stereocenters. The van der Waals surface area contributed by atoms with Crippen LogP contribution in [0.5, 0.6) is 0 Å². The molecule has 0 aromatic carbocycles. The van der Waals surface area contributed by atoms with Crippen LogP contribution in [0.1, 0.15) is 40.5 Å². The van der Waals surface area contributed by atoms with E-state index in [4.69, 9.17) is 5.11 Å². The van der Waals surface area contributed by atoms with Crippen molar-refractivity contribution >= 4 is 12.0 Å². The molecule has 0 bridgehead atoms. The zero-order valence-electron chi connectivity index (χ0n) is 11.5. The zero-order valence-corrected chi connectivity index (χ0v) is 11.5. The van der Waals surface area contributed by atoms with Crippen LogP contribution in [0.15, 0.2) is 0 Å². The number of rotatable bonds is 7. The van der Waals surface area contributed by atoms with Gasteiger partial charge < -0.3 is 20.8 Å². The third-order valence-corrected chi connectivity index (χ3v) is 3.02. The predicted octanol–water partition coefficient (Wildman–Crippen LogP) is 0.946. The van der Waals surface area contributed by atoms with E-state index in [-0.39, 0.29) is 12.6 Å². The summed E-state index contributed by atoms with van der Waals surface area (Å²) in [4.78, 5) is 22.0. The lowest BCUT2D eigenvalue weighted by atomic mass is 10.0. The molecule has 0 saturated heterocycles. The number of hydrogen-bond donors (Lipinski definition) is 4. The highest BCUT2D eigenvalue weighted by Crippen LogP contribution is 2.08. The van der Waals surface area contributed by atoms with Gasteiger partial charge in [0.05, 0.1) is 12.0 Å². The first-order chi connectivity index (χ1) is 8.18. The van der Waals surface area contributed by atoms with Crippen LogP contribution in [-0.4, -0.2) is 40.4 Å². The van der Waals surface area contributed by atoms with Gasteiger partial charge in [0.15, 0.2) is 0 Å². The molecule has 0 aliphatic heterocycles. The summed E-state index contributed by atoms with van der Waals surface area (Å²) >= 11 is 0. The highest BCUT2D eigenvalue weighted by Gasteiger charge is 2.25. The van der Waals surface area contributed by atoms with E-state index in [1.807, 2.05) is 20.8 Å². The van der Waals surface area contributed by atoms with Crippen molar-refractivity contribution < 1.29 is 19.8 Å². The number of nitrogens with one attached hydrogen (secondary N) is 2. The third kappa shape index (κ3) is 7.11. The smallest absolute Gasteiger partial charge is 0.315 e. The Hall–Kier alpha value is -1.30. The van der Waals surface area contributed by atoms with E-state index in [0.717, 1.165) is 6.42 Å². The van der Waals surface area contributed by atoms with Gasteiger partial charge in [0.2, 0.25) is 0 Å². The molecule has 0 aromatic rings. The van der Waals surface area contributed by atoms with Gasteiger partial charge in [-0.05, 0) is 19.8 Å². The maximum Gasteiger partial charge on any atom is 0.315 e. The number of carbonyl (C=O) groups excluding carboxylic acids is 1. The molecule has 0 saturated carbocycles. The Morgan fingerprint density at radius 1 is 1.33 bits per heavy atom. The van der Waals surface area contributed by atoms with Crippen molar-refractivity contribution in [2.75, 3.05) is 6.54 Å². The Morgan fingerprint density at radius 3 is 2.33 bits per heavy atom. The van der Waals surface area contributed by atoms with Crippen molar-refractivity contribution in [2.24, 2.45) is 5.92 Å². The van der Waals surface area contributed by atoms with Gasteiger partial charge in [0.1, 0.15) is 0 Å². The average molecular weight is 260 g/mol. The van der Waals surface area contributed by atoms with E-state index in [1.54, 1.807) is 0 Å². The van der Waals surface area contributed by atoms with Crippen LogP contribution in [0.25, 0.3) is 0 Å². The largest absolute Gasteiger partial charge is 0.481 e. The molecule has 18 heavy (non-hydrogen) atoms. The van der Waals surface area contributed by atoms with Gasteiger partial charge >= 0.3 is 12.0 Å². The fourth-order valence-corrected chi connectivity index (χ4v) is 1.41. The number of urea groups is 1. The van der Waals surface area contributed by atoms with Crippen molar-refractivity contribution in [1.29, 1.82) is 0 Å². The summed E-state index contributed by atoms with van der Waals surface area (Å²) in [5.74, 6) is -0.745. The van der Waals surface area contributed by atoms with Crippen LogP contribution in [0, 0.1) is 5.92 Å². The number of amides is 2. The SMILES string of the molecule is CCC(C)C(C)NC(=O)NCC(C)(O)CC(=O)O. The van der Waals surface area contributed by atoms with Crippen molar-refractivity contribution in [3.63, 3.8) is 0 Å². The monoisotopic (exact) mass is 260 g/mol. The van der Waals surface area contributed by atoms with Gasteiger partial charge in [-0.3, -0.25) is 4.79 Å². The second-order valence-electron chi connectivity index (χ2n) is 5.07. The Kier molecular flexibility index (Phi) is 6.68. The summed E-state index contributed by atoms with van der Waals surface area (Å²) in [6.07, 6.45) is 0.548. The lowest BCUT2D eigenvalue weighted by Gasteiger charge is -2.24. The normalized spacial score (nSPS) is 17.4. The van der Waals surface area contributed by atoms with Crippen molar-refractivity contribution in [3.05, 3.63) is 0 Å². The van der Waals surface area contributed by atoms with Crippen molar-refractivity contribution in [1.82, 2.24) is 10.6 Å². The molecule has 0 radical (unpaired) electrons. The molecule has 0 heterocycles. The summed E-state index contributed by atoms with van der Waals surface area (Å²) in [5, 5.41) is 23.5. The molecule has 6 heteroatoms. The van der Waals surface area contributed by atoms with Gasteiger partial charge in [-0.25, -0.2) is 4.79 Å². The fraction of sp³-hybridized carbons (Fsp3) is 0.833. The van der Waals surface area contributed by atoms with E-state index in [0.29, 0.717) is 5.92 Å². The Labute approximate surface area is 108 Å². The Morgan fingerprint density at radius 2 is 1.89 bits per heavy atom. The lowest BCUT2D eigenvalue weighted by Crippen LogP contribution is -2.48. The van der Waals surface area contributed by atoms with E-state index in [1.165, 1.54) is 6.92 Å². The van der Waals surface area contributed by atoms with Crippen LogP contribution in [0.4, 0.5) is 4.79 Å². The lowest BCUT2D eigenvalue weighted by molar-refractivity contribution is -0.141. The van der Waals surface area contributed by atoms with Gasteiger partial charge in [0.25, 0.3) is 0 Å². The molecule has 3 atom stereocenters. The number of aliphatic hydroxyl groups is 1. The maximum absolute atomic E-state index is 11.5. The minimum Gasteiger partial charge on any atom is -0.481 e. The Balaban J connectivity index is 4.07. The highest BCUT2D eigenvalue weighted by molar-refractivity contribution is 5.74. The topological polar surface area (TPSA) is 98.7 Å². The maximum atomic E-state index is 11.5. The molecule has 0 spiro atoms. The van der Waals surface area contributed by atoms with Gasteiger partial charge in [0, 0.05) is 12.6 Å². The summed E-state index contributed by atoms with van der Waals surface area (Å²) < 4.78 is 0. The van der Waals surface area contributed by atoms with E-state index in [9.17, 15) is 14.7 Å². The molecular weight excluding hydrogens is 236 g/mol. The first kappa shape index (κ1) is 16.7. The molecule has 6 nitrogen and oxygen atoms in total. The molecule has 0 rings (SSSR count). The molecule has 2 amide bonds. The van der Waals surface area contributed by atoms with Crippen molar-refractivity contribution in [2.45, 2.75) is 52.2 Å². The molecule has 0 fully saturated rings. The van der Waals surface area contributed by atoms with Crippen LogP contribution in [0.2, 0.25) is 0 Å².